The van der Waals surface area contributed by atoms with Gasteiger partial charge in [0, 0.05) is 11.6 Å². The summed E-state index contributed by atoms with van der Waals surface area (Å²) in [5.74, 6) is -4.57. The van der Waals surface area contributed by atoms with Gasteiger partial charge in [0.2, 0.25) is 0 Å². The lowest BCUT2D eigenvalue weighted by atomic mass is 9.87. The van der Waals surface area contributed by atoms with E-state index in [0.29, 0.717) is 6.07 Å². The predicted molar refractivity (Wildman–Crippen MR) is 70.5 cm³/mol. The smallest absolute Gasteiger partial charge is 0.293 e. The average Bonchev–Trinajstić information content (AvgIpc) is 2.43. The molecule has 0 N–H and O–H groups in total. The van der Waals surface area contributed by atoms with Crippen molar-refractivity contribution >= 4 is 5.78 Å². The van der Waals surface area contributed by atoms with E-state index in [1.807, 2.05) is 0 Å². The minimum atomic E-state index is -4.64. The van der Waals surface area contributed by atoms with Crippen molar-refractivity contribution in [3.8, 4) is 0 Å². The molecule has 0 heterocycles. The Hall–Kier alpha value is -2.24. The molecule has 1 nitrogen and oxygen atoms in total. The zero-order valence-corrected chi connectivity index (χ0v) is 11.2. The fourth-order valence-electron chi connectivity index (χ4n) is 2.17. The van der Waals surface area contributed by atoms with E-state index in [1.54, 1.807) is 6.07 Å². The molecule has 116 valence electrons. The Kier molecular flexibility index (Phi) is 4.59. The first-order valence-electron chi connectivity index (χ1n) is 6.38. The second-order valence-electron chi connectivity index (χ2n) is 4.80. The molecule has 1 atom stereocenters. The van der Waals surface area contributed by atoms with Crippen LogP contribution in [-0.2, 0) is 0 Å². The van der Waals surface area contributed by atoms with Crippen molar-refractivity contribution in [3.05, 3.63) is 71.3 Å². The van der Waals surface area contributed by atoms with Crippen LogP contribution in [0, 0.1) is 11.6 Å². The lowest BCUT2D eigenvalue weighted by molar-refractivity contribution is -0.136. The number of alkyl halides is 3. The van der Waals surface area contributed by atoms with Gasteiger partial charge in [-0.1, -0.05) is 30.3 Å². The molecule has 6 heteroatoms. The van der Waals surface area contributed by atoms with Gasteiger partial charge in [-0.2, -0.15) is 13.2 Å². The van der Waals surface area contributed by atoms with Gasteiger partial charge in [-0.05, 0) is 17.7 Å². The first-order valence-corrected chi connectivity index (χ1v) is 6.38. The monoisotopic (exact) mass is 314 g/mol. The molecule has 0 saturated carbocycles. The second-order valence-corrected chi connectivity index (χ2v) is 4.80. The number of carbonyl (C=O) groups excluding carboxylic acids is 1. The fraction of sp³-hybridized carbons (Fsp3) is 0.188. The molecule has 2 aromatic carbocycles. The third-order valence-corrected chi connectivity index (χ3v) is 3.10. The van der Waals surface area contributed by atoms with Gasteiger partial charge in [-0.25, -0.2) is 8.78 Å². The van der Waals surface area contributed by atoms with Crippen molar-refractivity contribution < 1.29 is 26.7 Å². The van der Waals surface area contributed by atoms with Crippen molar-refractivity contribution in [2.75, 3.05) is 0 Å². The third-order valence-electron chi connectivity index (χ3n) is 3.10. The Morgan fingerprint density at radius 3 is 2.00 bits per heavy atom. The zero-order valence-electron chi connectivity index (χ0n) is 11.2. The Morgan fingerprint density at radius 2 is 1.50 bits per heavy atom. The molecule has 0 spiro atoms. The van der Waals surface area contributed by atoms with Gasteiger partial charge in [0.1, 0.15) is 11.6 Å². The molecule has 2 rings (SSSR count). The van der Waals surface area contributed by atoms with Crippen LogP contribution < -0.4 is 0 Å². The largest absolute Gasteiger partial charge is 0.390 e. The summed E-state index contributed by atoms with van der Waals surface area (Å²) in [6.07, 6.45) is -6.12. The number of carbonyl (C=O) groups is 1. The summed E-state index contributed by atoms with van der Waals surface area (Å²) in [7, 11) is 0. The highest BCUT2D eigenvalue weighted by atomic mass is 19.4. The molecule has 0 radical (unpaired) electrons. The molecular weight excluding hydrogens is 303 g/mol. The van der Waals surface area contributed by atoms with Gasteiger partial charge in [0.05, 0.1) is 12.3 Å². The first-order chi connectivity index (χ1) is 10.3. The number of hydrogen-bond donors (Lipinski definition) is 0. The highest BCUT2D eigenvalue weighted by molar-refractivity contribution is 6.01. The summed E-state index contributed by atoms with van der Waals surface area (Å²) in [4.78, 5) is 12.3. The lowest BCUT2D eigenvalue weighted by Gasteiger charge is -2.18. The molecule has 0 aliphatic carbocycles. The van der Waals surface area contributed by atoms with E-state index in [1.165, 1.54) is 24.3 Å². The van der Waals surface area contributed by atoms with Crippen LogP contribution in [0.2, 0.25) is 0 Å². The Labute approximate surface area is 123 Å². The van der Waals surface area contributed by atoms with E-state index in [2.05, 4.69) is 0 Å². The zero-order chi connectivity index (χ0) is 16.3. The number of halogens is 5. The van der Waals surface area contributed by atoms with Crippen LogP contribution in [0.15, 0.2) is 48.5 Å². The minimum absolute atomic E-state index is 0.0569. The van der Waals surface area contributed by atoms with Crippen molar-refractivity contribution in [2.45, 2.75) is 18.5 Å². The van der Waals surface area contributed by atoms with E-state index in [-0.39, 0.29) is 11.1 Å². The average molecular weight is 314 g/mol. The van der Waals surface area contributed by atoms with E-state index in [9.17, 15) is 26.7 Å². The van der Waals surface area contributed by atoms with Crippen LogP contribution in [0.4, 0.5) is 22.0 Å². The summed E-state index contributed by atoms with van der Waals surface area (Å²) in [5, 5.41) is 0. The number of ketones is 1. The molecular formula is C16H11F5O. The van der Waals surface area contributed by atoms with Gasteiger partial charge < -0.3 is 0 Å². The second kappa shape index (κ2) is 6.25. The summed E-state index contributed by atoms with van der Waals surface area (Å²) >= 11 is 0. The maximum atomic E-state index is 13.3. The number of rotatable bonds is 4. The third kappa shape index (κ3) is 4.13. The molecule has 0 bridgehead atoms. The van der Waals surface area contributed by atoms with Gasteiger partial charge in [-0.15, -0.1) is 0 Å². The van der Waals surface area contributed by atoms with E-state index < -0.39 is 35.9 Å². The van der Waals surface area contributed by atoms with Crippen LogP contribution in [0.3, 0.4) is 0 Å². The molecule has 22 heavy (non-hydrogen) atoms. The topological polar surface area (TPSA) is 17.1 Å². The minimum Gasteiger partial charge on any atom is -0.293 e. The van der Waals surface area contributed by atoms with Crippen molar-refractivity contribution in [2.24, 2.45) is 0 Å². The molecule has 0 aliphatic heterocycles. The maximum absolute atomic E-state index is 13.3. The van der Waals surface area contributed by atoms with Crippen molar-refractivity contribution in [1.82, 2.24) is 0 Å². The molecule has 0 aliphatic rings. The van der Waals surface area contributed by atoms with E-state index in [4.69, 9.17) is 0 Å². The lowest BCUT2D eigenvalue weighted by Crippen LogP contribution is -2.21. The summed E-state index contributed by atoms with van der Waals surface area (Å²) in [6, 6.07) is 9.38. The quantitative estimate of drug-likeness (QED) is 0.580. The SMILES string of the molecule is O=C(c1ccccc1)C(CC(F)(F)F)c1cc(F)cc(F)c1. The molecule has 0 fully saturated rings. The van der Waals surface area contributed by atoms with Crippen molar-refractivity contribution in [1.29, 1.82) is 0 Å². The standard InChI is InChI=1S/C16H11F5O/c17-12-6-11(7-13(18)8-12)14(9-16(19,20)21)15(22)10-4-2-1-3-5-10/h1-8,14H,9H2. The molecule has 0 saturated heterocycles. The summed E-state index contributed by atoms with van der Waals surface area (Å²) in [5.41, 5.74) is -0.273. The Morgan fingerprint density at radius 1 is 0.955 bits per heavy atom. The number of benzene rings is 2. The van der Waals surface area contributed by atoms with Gasteiger partial charge >= 0.3 is 6.18 Å². The van der Waals surface area contributed by atoms with Crippen LogP contribution >= 0.6 is 0 Å². The molecule has 0 aromatic heterocycles. The van der Waals surface area contributed by atoms with Gasteiger partial charge in [-0.3, -0.25) is 4.79 Å². The normalized spacial score (nSPS) is 13.0. The van der Waals surface area contributed by atoms with E-state index >= 15 is 0 Å². The van der Waals surface area contributed by atoms with Crippen LogP contribution in [-0.4, -0.2) is 12.0 Å². The fourth-order valence-corrected chi connectivity index (χ4v) is 2.17. The van der Waals surface area contributed by atoms with E-state index in [0.717, 1.165) is 12.1 Å². The van der Waals surface area contributed by atoms with Gasteiger partial charge in [0.25, 0.3) is 0 Å². The Balaban J connectivity index is 2.45. The molecule has 0 amide bonds. The molecule has 2 aromatic rings. The van der Waals surface area contributed by atoms with Crippen LogP contribution in [0.25, 0.3) is 0 Å². The number of hydrogen-bond acceptors (Lipinski definition) is 1. The maximum Gasteiger partial charge on any atom is 0.390 e. The Bertz CT molecular complexity index is 644. The summed E-state index contributed by atoms with van der Waals surface area (Å²) < 4.78 is 64.7. The molecule has 1 unspecified atom stereocenters. The van der Waals surface area contributed by atoms with Crippen LogP contribution in [0.5, 0.6) is 0 Å². The highest BCUT2D eigenvalue weighted by Crippen LogP contribution is 2.34. The van der Waals surface area contributed by atoms with Crippen LogP contribution in [0.1, 0.15) is 28.3 Å². The van der Waals surface area contributed by atoms with Crippen molar-refractivity contribution in [3.63, 3.8) is 0 Å². The predicted octanol–water partition coefficient (Wildman–Crippen LogP) is 4.88. The first kappa shape index (κ1) is 16.1. The highest BCUT2D eigenvalue weighted by Gasteiger charge is 2.36. The number of Topliss-reactive ketones (excluding diaryl/α,β-unsaturated/α-hetero) is 1. The van der Waals surface area contributed by atoms with Gasteiger partial charge in [0.15, 0.2) is 5.78 Å². The summed E-state index contributed by atoms with van der Waals surface area (Å²) in [6.45, 7) is 0.